The van der Waals surface area contributed by atoms with E-state index in [2.05, 4.69) is 46.3 Å². The number of para-hydroxylation sites is 1. The summed E-state index contributed by atoms with van der Waals surface area (Å²) in [4.78, 5) is 21.5. The summed E-state index contributed by atoms with van der Waals surface area (Å²) in [6.45, 7) is 2.94. The number of hydrogen-bond acceptors (Lipinski definition) is 5. The van der Waals surface area contributed by atoms with Crippen LogP contribution in [0.15, 0.2) is 67.0 Å². The second-order valence-electron chi connectivity index (χ2n) is 8.49. The van der Waals surface area contributed by atoms with Crippen molar-refractivity contribution in [3.63, 3.8) is 0 Å². The van der Waals surface area contributed by atoms with Crippen molar-refractivity contribution < 1.29 is 14.3 Å². The molecule has 0 radical (unpaired) electrons. The maximum Gasteiger partial charge on any atom is 0.227 e. The van der Waals surface area contributed by atoms with Gasteiger partial charge in [0, 0.05) is 51.2 Å². The molecule has 1 fully saturated rings. The number of methoxy groups -OCH3 is 2. The molecule has 1 atom stereocenters. The van der Waals surface area contributed by atoms with Crippen LogP contribution in [0.25, 0.3) is 11.1 Å². The van der Waals surface area contributed by atoms with E-state index >= 15 is 0 Å². The molecule has 6 heteroatoms. The van der Waals surface area contributed by atoms with Gasteiger partial charge in [-0.05, 0) is 35.2 Å². The zero-order chi connectivity index (χ0) is 23.2. The molecule has 1 aliphatic rings. The van der Waals surface area contributed by atoms with Crippen molar-refractivity contribution in [3.8, 4) is 22.6 Å². The number of hydrogen-bond donors (Lipinski definition) is 0. The lowest BCUT2D eigenvalue weighted by Crippen LogP contribution is -2.34. The van der Waals surface area contributed by atoms with E-state index in [1.54, 1.807) is 20.4 Å². The van der Waals surface area contributed by atoms with E-state index in [0.29, 0.717) is 26.1 Å². The summed E-state index contributed by atoms with van der Waals surface area (Å²) in [7, 11) is 5.21. The smallest absolute Gasteiger partial charge is 0.227 e. The van der Waals surface area contributed by atoms with Crippen molar-refractivity contribution in [3.05, 3.63) is 78.1 Å². The Bertz CT molecular complexity index is 1070. The maximum absolute atomic E-state index is 13.1. The molecule has 0 aliphatic carbocycles. The molecule has 0 N–H and O–H groups in total. The molecule has 1 aliphatic heterocycles. The third-order valence-electron chi connectivity index (χ3n) is 6.27. The van der Waals surface area contributed by atoms with Crippen LogP contribution in [0.5, 0.6) is 11.5 Å². The highest BCUT2D eigenvalue weighted by Gasteiger charge is 2.29. The topological polar surface area (TPSA) is 54.9 Å². The van der Waals surface area contributed by atoms with E-state index in [1.807, 2.05) is 36.3 Å². The summed E-state index contributed by atoms with van der Waals surface area (Å²) < 4.78 is 11.1. The molecule has 2 aromatic carbocycles. The summed E-state index contributed by atoms with van der Waals surface area (Å²) >= 11 is 0. The lowest BCUT2D eigenvalue weighted by atomic mass is 9.96. The van der Waals surface area contributed by atoms with Crippen molar-refractivity contribution in [2.24, 2.45) is 5.92 Å². The van der Waals surface area contributed by atoms with Gasteiger partial charge in [0.1, 0.15) is 0 Å². The summed E-state index contributed by atoms with van der Waals surface area (Å²) in [6.07, 6.45) is 4.35. The van der Waals surface area contributed by atoms with E-state index in [1.165, 1.54) is 0 Å². The largest absolute Gasteiger partial charge is 0.493 e. The minimum atomic E-state index is -0.0988. The highest BCUT2D eigenvalue weighted by molar-refractivity contribution is 5.79. The van der Waals surface area contributed by atoms with Crippen LogP contribution in [0.1, 0.15) is 11.1 Å². The van der Waals surface area contributed by atoms with Crippen molar-refractivity contribution in [2.75, 3.05) is 40.9 Å². The SMILES string of the molecule is COc1cccc(CN2CCN(C)C(=O)[C@@H](Cc3ccc(-c4cccnc4)cc3)C2)c1OC. The van der Waals surface area contributed by atoms with Crippen molar-refractivity contribution in [2.45, 2.75) is 13.0 Å². The molecule has 0 unspecified atom stereocenters. The molecule has 2 heterocycles. The molecule has 0 saturated carbocycles. The van der Waals surface area contributed by atoms with Gasteiger partial charge in [-0.2, -0.15) is 0 Å². The zero-order valence-corrected chi connectivity index (χ0v) is 19.5. The summed E-state index contributed by atoms with van der Waals surface area (Å²) in [5.74, 6) is 1.58. The lowest BCUT2D eigenvalue weighted by Gasteiger charge is -2.24. The van der Waals surface area contributed by atoms with Crippen LogP contribution in [0.3, 0.4) is 0 Å². The van der Waals surface area contributed by atoms with Crippen molar-refractivity contribution >= 4 is 5.91 Å². The summed E-state index contributed by atoms with van der Waals surface area (Å²) in [5.41, 5.74) is 4.44. The van der Waals surface area contributed by atoms with Gasteiger partial charge in [-0.3, -0.25) is 14.7 Å². The number of rotatable bonds is 7. The number of likely N-dealkylation sites (N-methyl/N-ethyl adjacent to an activating group) is 1. The average Bonchev–Trinajstić information content (AvgIpc) is 2.98. The van der Waals surface area contributed by atoms with Gasteiger partial charge in [0.05, 0.1) is 20.1 Å². The average molecular weight is 446 g/mol. The van der Waals surface area contributed by atoms with Gasteiger partial charge in [0.2, 0.25) is 5.91 Å². The Morgan fingerprint density at radius 1 is 0.970 bits per heavy atom. The van der Waals surface area contributed by atoms with E-state index < -0.39 is 0 Å². The number of aromatic nitrogens is 1. The summed E-state index contributed by atoms with van der Waals surface area (Å²) in [5, 5.41) is 0. The molecule has 0 spiro atoms. The number of ether oxygens (including phenoxy) is 2. The van der Waals surface area contributed by atoms with Gasteiger partial charge < -0.3 is 14.4 Å². The Morgan fingerprint density at radius 3 is 2.48 bits per heavy atom. The number of amides is 1. The third-order valence-corrected chi connectivity index (χ3v) is 6.27. The minimum absolute atomic E-state index is 0.0988. The highest BCUT2D eigenvalue weighted by atomic mass is 16.5. The van der Waals surface area contributed by atoms with Gasteiger partial charge in [0.25, 0.3) is 0 Å². The second kappa shape index (κ2) is 10.5. The maximum atomic E-state index is 13.1. The summed E-state index contributed by atoms with van der Waals surface area (Å²) in [6, 6.07) is 18.4. The first-order valence-electron chi connectivity index (χ1n) is 11.3. The van der Waals surface area contributed by atoms with Crippen molar-refractivity contribution in [1.82, 2.24) is 14.8 Å². The van der Waals surface area contributed by atoms with Gasteiger partial charge in [-0.1, -0.05) is 42.5 Å². The fourth-order valence-corrected chi connectivity index (χ4v) is 4.46. The Morgan fingerprint density at radius 2 is 1.79 bits per heavy atom. The van der Waals surface area contributed by atoms with Crippen molar-refractivity contribution in [1.29, 1.82) is 0 Å². The molecular formula is C27H31N3O3. The minimum Gasteiger partial charge on any atom is -0.493 e. The number of carbonyl (C=O) groups excluding carboxylic acids is 1. The van der Waals surface area contributed by atoms with Gasteiger partial charge in [-0.25, -0.2) is 0 Å². The van der Waals surface area contributed by atoms with Crippen LogP contribution in [0.2, 0.25) is 0 Å². The quantitative estimate of drug-likeness (QED) is 0.552. The second-order valence-corrected chi connectivity index (χ2v) is 8.49. The molecule has 1 aromatic heterocycles. The Balaban J connectivity index is 1.50. The first kappa shape index (κ1) is 22.8. The number of carbonyl (C=O) groups is 1. The Kier molecular flexibility index (Phi) is 7.25. The molecule has 0 bridgehead atoms. The third kappa shape index (κ3) is 5.34. The van der Waals surface area contributed by atoms with E-state index in [0.717, 1.165) is 40.3 Å². The van der Waals surface area contributed by atoms with Crippen LogP contribution in [0.4, 0.5) is 0 Å². The molecular weight excluding hydrogens is 414 g/mol. The standard InChI is InChI=1S/C27H31N3O3/c1-29-14-15-30(18-23-6-4-8-25(32-2)26(23)33-3)19-24(27(29)31)16-20-9-11-21(12-10-20)22-7-5-13-28-17-22/h4-13,17,24H,14-16,18-19H2,1-3H3/t24-/m0/s1. The Labute approximate surface area is 195 Å². The molecule has 4 rings (SSSR count). The van der Waals surface area contributed by atoms with E-state index in [-0.39, 0.29) is 11.8 Å². The molecule has 3 aromatic rings. The molecule has 33 heavy (non-hydrogen) atoms. The fraction of sp³-hybridized carbons (Fsp3) is 0.333. The van der Waals surface area contributed by atoms with Crippen LogP contribution in [-0.2, 0) is 17.8 Å². The van der Waals surface area contributed by atoms with Crippen LogP contribution < -0.4 is 9.47 Å². The van der Waals surface area contributed by atoms with Gasteiger partial charge in [0.15, 0.2) is 11.5 Å². The predicted molar refractivity (Wildman–Crippen MR) is 129 cm³/mol. The van der Waals surface area contributed by atoms with Gasteiger partial charge >= 0.3 is 0 Å². The number of pyridine rings is 1. The van der Waals surface area contributed by atoms with Crippen LogP contribution >= 0.6 is 0 Å². The number of nitrogens with zero attached hydrogens (tertiary/aromatic N) is 3. The van der Waals surface area contributed by atoms with Gasteiger partial charge in [-0.15, -0.1) is 0 Å². The lowest BCUT2D eigenvalue weighted by molar-refractivity contribution is -0.133. The normalized spacial score (nSPS) is 17.0. The number of benzene rings is 2. The molecule has 172 valence electrons. The zero-order valence-electron chi connectivity index (χ0n) is 19.5. The first-order chi connectivity index (χ1) is 16.1. The highest BCUT2D eigenvalue weighted by Crippen LogP contribution is 2.32. The molecule has 6 nitrogen and oxygen atoms in total. The first-order valence-corrected chi connectivity index (χ1v) is 11.3. The fourth-order valence-electron chi connectivity index (χ4n) is 4.46. The predicted octanol–water partition coefficient (Wildman–Crippen LogP) is 3.90. The van der Waals surface area contributed by atoms with Crippen LogP contribution in [0, 0.1) is 5.92 Å². The van der Waals surface area contributed by atoms with E-state index in [9.17, 15) is 4.79 Å². The van der Waals surface area contributed by atoms with Crippen LogP contribution in [-0.4, -0.2) is 61.6 Å². The molecule has 1 saturated heterocycles. The Hall–Kier alpha value is -3.38. The monoisotopic (exact) mass is 445 g/mol. The molecule has 1 amide bonds. The van der Waals surface area contributed by atoms with E-state index in [4.69, 9.17) is 9.47 Å².